The highest BCUT2D eigenvalue weighted by Gasteiger charge is 2.28. The van der Waals surface area contributed by atoms with Crippen LogP contribution >= 0.6 is 22.6 Å². The number of nitrogens with one attached hydrogen (secondary N) is 1. The Hall–Kier alpha value is -1.37. The molecule has 1 N–H and O–H groups in total. The van der Waals surface area contributed by atoms with Gasteiger partial charge >= 0.3 is 0 Å². The Morgan fingerprint density at radius 2 is 2.10 bits per heavy atom. The molecule has 0 radical (unpaired) electrons. The number of hydrogen-bond acceptors (Lipinski definition) is 4. The van der Waals surface area contributed by atoms with Gasteiger partial charge in [0.1, 0.15) is 24.0 Å². The summed E-state index contributed by atoms with van der Waals surface area (Å²) in [7, 11) is 0. The maximum absolute atomic E-state index is 5.77. The maximum Gasteiger partial charge on any atom is 0.143 e. The van der Waals surface area contributed by atoms with Crippen LogP contribution in [-0.2, 0) is 6.42 Å². The number of aromatic nitrogens is 2. The molecule has 1 aromatic carbocycles. The second kappa shape index (κ2) is 6.17. The van der Waals surface area contributed by atoms with Crippen LogP contribution < -0.4 is 10.1 Å². The van der Waals surface area contributed by atoms with Crippen LogP contribution in [0.4, 0.5) is 5.82 Å². The van der Waals surface area contributed by atoms with Gasteiger partial charge in [-0.25, -0.2) is 9.97 Å². The highest BCUT2D eigenvalue weighted by atomic mass is 127. The zero-order chi connectivity index (χ0) is 14.8. The molecule has 4 nitrogen and oxygen atoms in total. The molecule has 0 amide bonds. The predicted octanol–water partition coefficient (Wildman–Crippen LogP) is 3.60. The van der Waals surface area contributed by atoms with E-state index in [1.54, 1.807) is 0 Å². The van der Waals surface area contributed by atoms with Crippen molar-refractivity contribution in [3.8, 4) is 5.75 Å². The van der Waals surface area contributed by atoms with Crippen LogP contribution in [0.25, 0.3) is 0 Å². The van der Waals surface area contributed by atoms with Crippen LogP contribution in [0.1, 0.15) is 36.8 Å². The quantitative estimate of drug-likeness (QED) is 0.804. The van der Waals surface area contributed by atoms with Crippen LogP contribution in [0.15, 0.2) is 24.3 Å². The minimum atomic E-state index is 0.126. The molecule has 1 atom stereocenters. The van der Waals surface area contributed by atoms with E-state index < -0.39 is 0 Å². The molecule has 0 bridgehead atoms. The normalized spacial score (nSPS) is 16.4. The topological polar surface area (TPSA) is 47.0 Å². The Morgan fingerprint density at radius 3 is 2.86 bits per heavy atom. The number of ether oxygens (including phenoxy) is 1. The minimum Gasteiger partial charge on any atom is -0.492 e. The molecular weight excluding hydrogens is 377 g/mol. The lowest BCUT2D eigenvalue weighted by atomic mass is 10.0. The third-order valence-corrected chi connectivity index (χ3v) is 4.76. The number of nitrogens with zero attached hydrogens (tertiary/aromatic N) is 2. The molecule has 2 aromatic rings. The molecule has 1 unspecified atom stereocenters. The number of rotatable bonds is 4. The molecule has 1 aliphatic heterocycles. The molecule has 1 aliphatic rings. The largest absolute Gasteiger partial charge is 0.492 e. The van der Waals surface area contributed by atoms with Crippen molar-refractivity contribution in [3.05, 3.63) is 44.9 Å². The fourth-order valence-electron chi connectivity index (χ4n) is 2.56. The summed E-state index contributed by atoms with van der Waals surface area (Å²) >= 11 is 2.33. The van der Waals surface area contributed by atoms with E-state index in [9.17, 15) is 0 Å². The zero-order valence-electron chi connectivity index (χ0n) is 12.2. The van der Waals surface area contributed by atoms with Crippen LogP contribution in [0, 0.1) is 3.57 Å². The lowest BCUT2D eigenvalue weighted by molar-refractivity contribution is 0.339. The number of halogens is 1. The summed E-state index contributed by atoms with van der Waals surface area (Å²) in [6, 6.07) is 8.15. The molecule has 0 fully saturated rings. The van der Waals surface area contributed by atoms with E-state index in [0.717, 1.165) is 39.6 Å². The van der Waals surface area contributed by atoms with Crippen molar-refractivity contribution < 1.29 is 4.74 Å². The minimum absolute atomic E-state index is 0.126. The highest BCUT2D eigenvalue weighted by Crippen LogP contribution is 2.37. The zero-order valence-corrected chi connectivity index (χ0v) is 14.3. The number of hydrogen-bond donors (Lipinski definition) is 1. The van der Waals surface area contributed by atoms with E-state index in [0.29, 0.717) is 6.61 Å². The van der Waals surface area contributed by atoms with Gasteiger partial charge in [-0.1, -0.05) is 25.1 Å². The van der Waals surface area contributed by atoms with Gasteiger partial charge < -0.3 is 10.1 Å². The van der Waals surface area contributed by atoms with Crippen LogP contribution in [0.5, 0.6) is 5.75 Å². The van der Waals surface area contributed by atoms with E-state index in [-0.39, 0.29) is 5.92 Å². The molecule has 0 aliphatic carbocycles. The molecule has 21 heavy (non-hydrogen) atoms. The first-order valence-electron chi connectivity index (χ1n) is 7.26. The third-order valence-electron chi connectivity index (χ3n) is 3.63. The van der Waals surface area contributed by atoms with Gasteiger partial charge in [0, 0.05) is 12.1 Å². The van der Waals surface area contributed by atoms with Gasteiger partial charge in [-0.05, 0) is 42.0 Å². The first-order valence-corrected chi connectivity index (χ1v) is 8.34. The second-order valence-corrected chi connectivity index (χ2v) is 6.06. The smallest absolute Gasteiger partial charge is 0.143 e. The molecule has 0 saturated heterocycles. The lowest BCUT2D eigenvalue weighted by Crippen LogP contribution is -2.14. The summed E-state index contributed by atoms with van der Waals surface area (Å²) in [5, 5.41) is 3.34. The number of aryl methyl sites for hydroxylation is 1. The molecule has 2 heterocycles. The number of anilines is 1. The summed E-state index contributed by atoms with van der Waals surface area (Å²) in [4.78, 5) is 9.52. The van der Waals surface area contributed by atoms with Crippen molar-refractivity contribution in [3.63, 3.8) is 0 Å². The van der Waals surface area contributed by atoms with Gasteiger partial charge in [0.25, 0.3) is 0 Å². The number of fused-ring (bicyclic) bond motifs is 1. The molecule has 1 aromatic heterocycles. The average molecular weight is 395 g/mol. The lowest BCUT2D eigenvalue weighted by Gasteiger charge is -2.14. The van der Waals surface area contributed by atoms with Crippen molar-refractivity contribution in [1.29, 1.82) is 0 Å². The second-order valence-electron chi connectivity index (χ2n) is 4.98. The number of benzene rings is 1. The van der Waals surface area contributed by atoms with Crippen LogP contribution in [-0.4, -0.2) is 23.1 Å². The van der Waals surface area contributed by atoms with E-state index in [1.165, 1.54) is 5.56 Å². The summed E-state index contributed by atoms with van der Waals surface area (Å²) < 4.78 is 6.89. The number of para-hydroxylation sites is 1. The predicted molar refractivity (Wildman–Crippen MR) is 92.1 cm³/mol. The van der Waals surface area contributed by atoms with Gasteiger partial charge in [0.15, 0.2) is 0 Å². The first-order chi connectivity index (χ1) is 10.2. The average Bonchev–Trinajstić information content (AvgIpc) is 2.93. The van der Waals surface area contributed by atoms with Crippen molar-refractivity contribution in [2.24, 2.45) is 0 Å². The van der Waals surface area contributed by atoms with Gasteiger partial charge in [-0.15, -0.1) is 0 Å². The molecule has 0 saturated carbocycles. The van der Waals surface area contributed by atoms with Gasteiger partial charge in [0.2, 0.25) is 0 Å². The van der Waals surface area contributed by atoms with Gasteiger partial charge in [0.05, 0.1) is 15.2 Å². The van der Waals surface area contributed by atoms with Gasteiger partial charge in [-0.3, -0.25) is 0 Å². The Morgan fingerprint density at radius 1 is 1.29 bits per heavy atom. The van der Waals surface area contributed by atoms with E-state index in [2.05, 4.69) is 47.8 Å². The Bertz CT molecular complexity index is 660. The Labute approximate surface area is 138 Å². The fourth-order valence-corrected chi connectivity index (χ4v) is 3.38. The molecular formula is C16H18IN3O. The van der Waals surface area contributed by atoms with E-state index in [4.69, 9.17) is 14.7 Å². The summed E-state index contributed by atoms with van der Waals surface area (Å²) in [6.07, 6.45) is 0.904. The SMILES string of the molecule is CCNc1nc(C2COc3ccccc32)nc(CC)c1I. The third kappa shape index (κ3) is 2.71. The van der Waals surface area contributed by atoms with E-state index >= 15 is 0 Å². The summed E-state index contributed by atoms with van der Waals surface area (Å²) in [5.41, 5.74) is 2.28. The molecule has 3 rings (SSSR count). The Kier molecular flexibility index (Phi) is 4.28. The molecule has 5 heteroatoms. The summed E-state index contributed by atoms with van der Waals surface area (Å²) in [6.45, 7) is 5.68. The van der Waals surface area contributed by atoms with Crippen molar-refractivity contribution in [1.82, 2.24) is 9.97 Å². The van der Waals surface area contributed by atoms with Crippen LogP contribution in [0.3, 0.4) is 0 Å². The summed E-state index contributed by atoms with van der Waals surface area (Å²) in [5.74, 6) is 2.87. The molecule has 0 spiro atoms. The van der Waals surface area contributed by atoms with Crippen molar-refractivity contribution in [2.75, 3.05) is 18.5 Å². The van der Waals surface area contributed by atoms with Crippen molar-refractivity contribution >= 4 is 28.4 Å². The highest BCUT2D eigenvalue weighted by molar-refractivity contribution is 14.1. The van der Waals surface area contributed by atoms with Crippen molar-refractivity contribution in [2.45, 2.75) is 26.2 Å². The van der Waals surface area contributed by atoms with Gasteiger partial charge in [-0.2, -0.15) is 0 Å². The van der Waals surface area contributed by atoms with Crippen LogP contribution in [0.2, 0.25) is 0 Å². The fraction of sp³-hybridized carbons (Fsp3) is 0.375. The molecule has 110 valence electrons. The first kappa shape index (κ1) is 14.6. The van der Waals surface area contributed by atoms with E-state index in [1.807, 2.05) is 18.2 Å². The standard InChI is InChI=1S/C16H18IN3O/c1-3-12-14(17)16(18-4-2)20-15(19-12)11-9-21-13-8-6-5-7-10(11)13/h5-8,11H,3-4,9H2,1-2H3,(H,18,19,20). The monoisotopic (exact) mass is 395 g/mol. The maximum atomic E-state index is 5.77. The Balaban J connectivity index is 2.05.